The fraction of sp³-hybridized carbons (Fsp3) is 1.00. The van der Waals surface area contributed by atoms with E-state index < -0.39 is 0 Å². The highest BCUT2D eigenvalue weighted by Crippen LogP contribution is 2.24. The molecule has 0 atom stereocenters. The van der Waals surface area contributed by atoms with Gasteiger partial charge in [0.25, 0.3) is 0 Å². The van der Waals surface area contributed by atoms with Crippen molar-refractivity contribution in [3.05, 3.63) is 0 Å². The van der Waals surface area contributed by atoms with Gasteiger partial charge in [-0.15, -0.1) is 0 Å². The van der Waals surface area contributed by atoms with E-state index in [9.17, 15) is 0 Å². The van der Waals surface area contributed by atoms with Gasteiger partial charge >= 0.3 is 0 Å². The van der Waals surface area contributed by atoms with Crippen molar-refractivity contribution in [3.63, 3.8) is 0 Å². The van der Waals surface area contributed by atoms with Gasteiger partial charge in [-0.2, -0.15) is 0 Å². The maximum atomic E-state index is 5.74. The molecule has 15 heavy (non-hydrogen) atoms. The van der Waals surface area contributed by atoms with Crippen molar-refractivity contribution in [2.24, 2.45) is 5.73 Å². The van der Waals surface area contributed by atoms with Crippen LogP contribution in [-0.4, -0.2) is 42.8 Å². The van der Waals surface area contributed by atoms with Gasteiger partial charge in [0.15, 0.2) is 0 Å². The molecule has 0 saturated heterocycles. The van der Waals surface area contributed by atoms with Gasteiger partial charge in [-0.1, -0.05) is 6.42 Å². The Morgan fingerprint density at radius 1 is 1.27 bits per heavy atom. The first-order valence-electron chi connectivity index (χ1n) is 6.11. The monoisotopic (exact) mass is 214 g/mol. The van der Waals surface area contributed by atoms with Gasteiger partial charge in [0, 0.05) is 25.7 Å². The maximum Gasteiger partial charge on any atom is 0.0600 e. The fourth-order valence-corrected chi connectivity index (χ4v) is 1.86. The normalized spacial score (nSPS) is 18.2. The van der Waals surface area contributed by atoms with Gasteiger partial charge in [-0.05, 0) is 33.6 Å². The summed E-state index contributed by atoms with van der Waals surface area (Å²) in [5.74, 6) is 0. The van der Waals surface area contributed by atoms with E-state index in [0.717, 1.165) is 32.3 Å². The van der Waals surface area contributed by atoms with Crippen LogP contribution in [0.25, 0.3) is 0 Å². The van der Waals surface area contributed by atoms with Crippen molar-refractivity contribution in [2.45, 2.75) is 51.7 Å². The van der Waals surface area contributed by atoms with Crippen molar-refractivity contribution in [1.29, 1.82) is 0 Å². The summed E-state index contributed by atoms with van der Waals surface area (Å²) >= 11 is 0. The van der Waals surface area contributed by atoms with E-state index in [2.05, 4.69) is 25.7 Å². The lowest BCUT2D eigenvalue weighted by Crippen LogP contribution is -2.45. The number of hydrogen-bond acceptors (Lipinski definition) is 3. The van der Waals surface area contributed by atoms with E-state index in [1.165, 1.54) is 19.3 Å². The lowest BCUT2D eigenvalue weighted by Gasteiger charge is -2.37. The highest BCUT2D eigenvalue weighted by atomic mass is 16.5. The molecule has 0 bridgehead atoms. The minimum Gasteiger partial charge on any atom is -0.375 e. The lowest BCUT2D eigenvalue weighted by atomic mass is 9.91. The summed E-state index contributed by atoms with van der Waals surface area (Å²) in [6.45, 7) is 9.92. The third-order valence-corrected chi connectivity index (χ3v) is 2.92. The van der Waals surface area contributed by atoms with Crippen molar-refractivity contribution in [1.82, 2.24) is 4.90 Å². The molecular weight excluding hydrogens is 188 g/mol. The molecule has 1 aliphatic rings. The summed E-state index contributed by atoms with van der Waals surface area (Å²) in [7, 11) is 0. The first-order chi connectivity index (χ1) is 7.03. The molecule has 3 nitrogen and oxygen atoms in total. The first kappa shape index (κ1) is 12.9. The molecule has 0 aromatic rings. The van der Waals surface area contributed by atoms with Crippen LogP contribution in [0, 0.1) is 0 Å². The SMILES string of the molecule is CC(C)(C)OCCN(CCN)C1CCC1. The Balaban J connectivity index is 2.19. The van der Waals surface area contributed by atoms with Gasteiger partial charge < -0.3 is 10.5 Å². The third-order valence-electron chi connectivity index (χ3n) is 2.92. The van der Waals surface area contributed by atoms with Crippen LogP contribution in [0.15, 0.2) is 0 Å². The van der Waals surface area contributed by atoms with Crippen molar-refractivity contribution >= 4 is 0 Å². The number of ether oxygens (including phenoxy) is 1. The van der Waals surface area contributed by atoms with E-state index in [1.807, 2.05) is 0 Å². The molecule has 90 valence electrons. The topological polar surface area (TPSA) is 38.5 Å². The minimum absolute atomic E-state index is 0.0198. The Kier molecular flexibility index (Phi) is 5.03. The summed E-state index contributed by atoms with van der Waals surface area (Å²) in [6.07, 6.45) is 4.07. The second-order valence-electron chi connectivity index (χ2n) is 5.37. The average Bonchev–Trinajstić information content (AvgIpc) is 1.98. The number of nitrogens with zero attached hydrogens (tertiary/aromatic N) is 1. The van der Waals surface area contributed by atoms with Gasteiger partial charge in [0.2, 0.25) is 0 Å². The minimum atomic E-state index is -0.0198. The number of hydrogen-bond donors (Lipinski definition) is 1. The zero-order valence-electron chi connectivity index (χ0n) is 10.5. The Labute approximate surface area is 94.0 Å². The van der Waals surface area contributed by atoms with Gasteiger partial charge in [0.1, 0.15) is 0 Å². The summed E-state index contributed by atoms with van der Waals surface area (Å²) in [5.41, 5.74) is 5.60. The second-order valence-corrected chi connectivity index (χ2v) is 5.37. The summed E-state index contributed by atoms with van der Waals surface area (Å²) in [5, 5.41) is 0. The Bertz CT molecular complexity index is 173. The summed E-state index contributed by atoms with van der Waals surface area (Å²) < 4.78 is 5.74. The van der Waals surface area contributed by atoms with Gasteiger partial charge in [-0.3, -0.25) is 4.90 Å². The van der Waals surface area contributed by atoms with Crippen LogP contribution in [-0.2, 0) is 4.74 Å². The van der Waals surface area contributed by atoms with Crippen molar-refractivity contribution in [3.8, 4) is 0 Å². The van der Waals surface area contributed by atoms with Gasteiger partial charge in [0.05, 0.1) is 12.2 Å². The van der Waals surface area contributed by atoms with Crippen molar-refractivity contribution in [2.75, 3.05) is 26.2 Å². The van der Waals surface area contributed by atoms with Crippen LogP contribution >= 0.6 is 0 Å². The van der Waals surface area contributed by atoms with E-state index in [1.54, 1.807) is 0 Å². The smallest absolute Gasteiger partial charge is 0.0600 e. The van der Waals surface area contributed by atoms with Crippen molar-refractivity contribution < 1.29 is 4.74 Å². The maximum absolute atomic E-state index is 5.74. The molecule has 3 heteroatoms. The molecule has 0 amide bonds. The molecule has 0 spiro atoms. The largest absolute Gasteiger partial charge is 0.375 e. The number of nitrogens with two attached hydrogens (primary N) is 1. The molecule has 0 unspecified atom stereocenters. The van der Waals surface area contributed by atoms with Gasteiger partial charge in [-0.25, -0.2) is 0 Å². The lowest BCUT2D eigenvalue weighted by molar-refractivity contribution is -0.0219. The van der Waals surface area contributed by atoms with Crippen LogP contribution in [0.1, 0.15) is 40.0 Å². The molecule has 1 saturated carbocycles. The van der Waals surface area contributed by atoms with E-state index in [0.29, 0.717) is 0 Å². The van der Waals surface area contributed by atoms with E-state index in [-0.39, 0.29) is 5.60 Å². The highest BCUT2D eigenvalue weighted by molar-refractivity contribution is 4.80. The molecule has 0 aromatic heterocycles. The Morgan fingerprint density at radius 3 is 2.33 bits per heavy atom. The number of rotatable bonds is 6. The molecule has 1 rings (SSSR count). The average molecular weight is 214 g/mol. The quantitative estimate of drug-likeness (QED) is 0.730. The van der Waals surface area contributed by atoms with E-state index >= 15 is 0 Å². The van der Waals surface area contributed by atoms with Crippen LogP contribution in [0.2, 0.25) is 0 Å². The molecule has 0 aliphatic heterocycles. The molecule has 2 N–H and O–H groups in total. The Morgan fingerprint density at radius 2 is 1.93 bits per heavy atom. The molecule has 1 aliphatic carbocycles. The molecule has 0 aromatic carbocycles. The zero-order valence-corrected chi connectivity index (χ0v) is 10.5. The predicted octanol–water partition coefficient (Wildman–Crippen LogP) is 1.61. The standard InChI is InChI=1S/C12H26N2O/c1-12(2,3)15-10-9-14(8-7-13)11-5-4-6-11/h11H,4-10,13H2,1-3H3. The predicted molar refractivity (Wildman–Crippen MR) is 64.0 cm³/mol. The highest BCUT2D eigenvalue weighted by Gasteiger charge is 2.24. The first-order valence-corrected chi connectivity index (χ1v) is 6.11. The van der Waals surface area contributed by atoms with Crippen LogP contribution in [0.3, 0.4) is 0 Å². The molecule has 0 radical (unpaired) electrons. The van der Waals surface area contributed by atoms with E-state index in [4.69, 9.17) is 10.5 Å². The molecular formula is C12H26N2O. The molecule has 0 heterocycles. The van der Waals surface area contributed by atoms with Crippen LogP contribution < -0.4 is 5.73 Å². The summed E-state index contributed by atoms with van der Waals surface area (Å²) in [6, 6.07) is 0.775. The Hall–Kier alpha value is -0.120. The van der Waals surface area contributed by atoms with Crippen LogP contribution in [0.4, 0.5) is 0 Å². The van der Waals surface area contributed by atoms with Crippen LogP contribution in [0.5, 0.6) is 0 Å². The summed E-state index contributed by atoms with van der Waals surface area (Å²) in [4.78, 5) is 2.48. The fourth-order valence-electron chi connectivity index (χ4n) is 1.86. The molecule has 1 fully saturated rings. The third kappa shape index (κ3) is 4.96. The zero-order chi connectivity index (χ0) is 11.3. The second kappa shape index (κ2) is 5.83.